The first kappa shape index (κ1) is 14.6. The number of nitrogens with one attached hydrogen (secondary N) is 1. The Balaban J connectivity index is 1.75. The van der Waals surface area contributed by atoms with Crippen LogP contribution in [0, 0.1) is 0 Å². The molecule has 0 spiro atoms. The van der Waals surface area contributed by atoms with Gasteiger partial charge in [0, 0.05) is 16.1 Å². The number of anilines is 1. The van der Waals surface area contributed by atoms with E-state index < -0.39 is 0 Å². The van der Waals surface area contributed by atoms with Gasteiger partial charge >= 0.3 is 0 Å². The molecule has 0 atom stereocenters. The van der Waals surface area contributed by atoms with Gasteiger partial charge in [-0.2, -0.15) is 0 Å². The van der Waals surface area contributed by atoms with E-state index in [0.29, 0.717) is 15.6 Å². The third-order valence-corrected chi connectivity index (χ3v) is 4.85. The number of carbonyl (C=O) groups excluding carboxylic acids is 1. The molecule has 1 aliphatic carbocycles. The maximum absolute atomic E-state index is 12.5. The summed E-state index contributed by atoms with van der Waals surface area (Å²) < 4.78 is 0. The Kier molecular flexibility index (Phi) is 3.51. The van der Waals surface area contributed by atoms with Crippen LogP contribution in [0.25, 0.3) is 10.8 Å². The Morgan fingerprint density at radius 1 is 0.957 bits per heavy atom. The summed E-state index contributed by atoms with van der Waals surface area (Å²) in [6.45, 7) is 0. The molecular weight excluding hydrogens is 329 g/mol. The molecule has 0 bridgehead atoms. The fourth-order valence-electron chi connectivity index (χ4n) is 3.22. The Hall–Kier alpha value is -2.03. The second-order valence-corrected chi connectivity index (χ2v) is 6.53. The van der Waals surface area contributed by atoms with Crippen molar-refractivity contribution in [1.82, 2.24) is 0 Å². The van der Waals surface area contributed by atoms with Gasteiger partial charge < -0.3 is 5.32 Å². The van der Waals surface area contributed by atoms with Crippen LogP contribution in [0.4, 0.5) is 5.69 Å². The average Bonchev–Trinajstić information content (AvgIpc) is 2.95. The molecule has 0 saturated carbocycles. The van der Waals surface area contributed by atoms with E-state index in [0.717, 1.165) is 23.9 Å². The van der Waals surface area contributed by atoms with Crippen LogP contribution in [0.3, 0.4) is 0 Å². The molecular formula is C19H13Cl2NO. The number of carbonyl (C=O) groups is 1. The standard InChI is InChI=1S/C19H13Cl2NO/c20-13-7-8-14(16(21)10-13)19(23)22-17-9-6-12-5-4-11-2-1-3-15(17)18(11)12/h1-3,6-10H,4-5H2,(H,22,23). The number of hydrogen-bond acceptors (Lipinski definition) is 1. The molecule has 0 saturated heterocycles. The van der Waals surface area contributed by atoms with Crippen LogP contribution >= 0.6 is 23.2 Å². The van der Waals surface area contributed by atoms with E-state index in [1.165, 1.54) is 16.5 Å². The largest absolute Gasteiger partial charge is 0.321 e. The Morgan fingerprint density at radius 2 is 1.74 bits per heavy atom. The smallest absolute Gasteiger partial charge is 0.257 e. The minimum atomic E-state index is -0.231. The molecule has 1 N–H and O–H groups in total. The number of amides is 1. The van der Waals surface area contributed by atoms with E-state index in [2.05, 4.69) is 17.4 Å². The number of hydrogen-bond donors (Lipinski definition) is 1. The van der Waals surface area contributed by atoms with Gasteiger partial charge in [0.2, 0.25) is 0 Å². The van der Waals surface area contributed by atoms with E-state index in [1.807, 2.05) is 18.2 Å². The van der Waals surface area contributed by atoms with Gasteiger partial charge in [-0.15, -0.1) is 0 Å². The lowest BCUT2D eigenvalue weighted by molar-refractivity contribution is 0.102. The third kappa shape index (κ3) is 2.48. The van der Waals surface area contributed by atoms with Crippen LogP contribution in [-0.2, 0) is 12.8 Å². The fourth-order valence-corrected chi connectivity index (χ4v) is 3.71. The van der Waals surface area contributed by atoms with Crippen molar-refractivity contribution in [3.8, 4) is 0 Å². The lowest BCUT2D eigenvalue weighted by Crippen LogP contribution is -2.12. The maximum Gasteiger partial charge on any atom is 0.257 e. The zero-order valence-electron chi connectivity index (χ0n) is 12.2. The Morgan fingerprint density at radius 3 is 2.52 bits per heavy atom. The van der Waals surface area contributed by atoms with Gasteiger partial charge in [0.05, 0.1) is 10.6 Å². The van der Waals surface area contributed by atoms with Gasteiger partial charge in [0.1, 0.15) is 0 Å². The first-order valence-electron chi connectivity index (χ1n) is 7.43. The molecule has 4 heteroatoms. The summed E-state index contributed by atoms with van der Waals surface area (Å²) in [5, 5.41) is 6.19. The van der Waals surface area contributed by atoms with Crippen molar-refractivity contribution in [3.05, 3.63) is 75.3 Å². The number of rotatable bonds is 2. The summed E-state index contributed by atoms with van der Waals surface area (Å²) >= 11 is 12.0. The van der Waals surface area contributed by atoms with E-state index in [-0.39, 0.29) is 5.91 Å². The summed E-state index contributed by atoms with van der Waals surface area (Å²) in [5.74, 6) is -0.231. The van der Waals surface area contributed by atoms with Gasteiger partial charge in [0.15, 0.2) is 0 Å². The van der Waals surface area contributed by atoms with Gasteiger partial charge in [-0.25, -0.2) is 0 Å². The summed E-state index contributed by atoms with van der Waals surface area (Å²) in [4.78, 5) is 12.5. The molecule has 3 aromatic carbocycles. The summed E-state index contributed by atoms with van der Waals surface area (Å²) in [6, 6.07) is 15.2. The molecule has 0 radical (unpaired) electrons. The number of benzene rings is 3. The highest BCUT2D eigenvalue weighted by molar-refractivity contribution is 6.37. The van der Waals surface area contributed by atoms with Crippen molar-refractivity contribution in [1.29, 1.82) is 0 Å². The summed E-state index contributed by atoms with van der Waals surface area (Å²) in [7, 11) is 0. The molecule has 0 fully saturated rings. The molecule has 0 aliphatic heterocycles. The Labute approximate surface area is 144 Å². The van der Waals surface area contributed by atoms with Gasteiger partial charge in [0.25, 0.3) is 5.91 Å². The average molecular weight is 342 g/mol. The van der Waals surface area contributed by atoms with E-state index in [4.69, 9.17) is 23.2 Å². The van der Waals surface area contributed by atoms with E-state index >= 15 is 0 Å². The highest BCUT2D eigenvalue weighted by atomic mass is 35.5. The third-order valence-electron chi connectivity index (χ3n) is 4.30. The first-order valence-corrected chi connectivity index (χ1v) is 8.19. The van der Waals surface area contributed by atoms with Crippen LogP contribution in [-0.4, -0.2) is 5.91 Å². The molecule has 23 heavy (non-hydrogen) atoms. The van der Waals surface area contributed by atoms with E-state index in [9.17, 15) is 4.79 Å². The first-order chi connectivity index (χ1) is 11.1. The van der Waals surface area contributed by atoms with Crippen molar-refractivity contribution < 1.29 is 4.79 Å². The predicted octanol–water partition coefficient (Wildman–Crippen LogP) is 5.50. The Bertz CT molecular complexity index is 939. The van der Waals surface area contributed by atoms with Crippen LogP contribution in [0.15, 0.2) is 48.5 Å². The van der Waals surface area contributed by atoms with E-state index in [1.54, 1.807) is 18.2 Å². The van der Waals surface area contributed by atoms with Crippen LogP contribution in [0.1, 0.15) is 21.5 Å². The zero-order chi connectivity index (χ0) is 16.0. The normalized spacial score (nSPS) is 12.6. The molecule has 3 aromatic rings. The molecule has 4 rings (SSSR count). The molecule has 114 valence electrons. The summed E-state index contributed by atoms with van der Waals surface area (Å²) in [6.07, 6.45) is 2.13. The highest BCUT2D eigenvalue weighted by Gasteiger charge is 2.17. The summed E-state index contributed by atoms with van der Waals surface area (Å²) in [5.41, 5.74) is 3.92. The molecule has 0 aromatic heterocycles. The maximum atomic E-state index is 12.5. The lowest BCUT2D eigenvalue weighted by Gasteiger charge is -2.11. The lowest BCUT2D eigenvalue weighted by atomic mass is 10.0. The SMILES string of the molecule is O=C(Nc1ccc2c3c(cccc13)CC2)c1ccc(Cl)cc1Cl. The minimum absolute atomic E-state index is 0.231. The quantitative estimate of drug-likeness (QED) is 0.655. The van der Waals surface area contributed by atoms with Crippen molar-refractivity contribution in [2.24, 2.45) is 0 Å². The second kappa shape index (κ2) is 5.55. The molecule has 1 aliphatic rings. The van der Waals surface area contributed by atoms with Crippen LogP contribution in [0.5, 0.6) is 0 Å². The van der Waals surface area contributed by atoms with Crippen molar-refractivity contribution in [2.75, 3.05) is 5.32 Å². The molecule has 1 amide bonds. The number of halogens is 2. The fraction of sp³-hybridized carbons (Fsp3) is 0.105. The van der Waals surface area contributed by atoms with Crippen molar-refractivity contribution in [3.63, 3.8) is 0 Å². The van der Waals surface area contributed by atoms with Crippen molar-refractivity contribution in [2.45, 2.75) is 12.8 Å². The monoisotopic (exact) mass is 341 g/mol. The molecule has 2 nitrogen and oxygen atoms in total. The van der Waals surface area contributed by atoms with Crippen LogP contribution in [0.2, 0.25) is 10.0 Å². The van der Waals surface area contributed by atoms with Crippen molar-refractivity contribution >= 4 is 45.6 Å². The second-order valence-electron chi connectivity index (χ2n) is 5.69. The molecule has 0 heterocycles. The van der Waals surface area contributed by atoms with Gasteiger partial charge in [-0.3, -0.25) is 4.79 Å². The van der Waals surface area contributed by atoms with Gasteiger partial charge in [-0.05, 0) is 53.6 Å². The van der Waals surface area contributed by atoms with Gasteiger partial charge in [-0.1, -0.05) is 47.5 Å². The topological polar surface area (TPSA) is 29.1 Å². The minimum Gasteiger partial charge on any atom is -0.321 e. The zero-order valence-corrected chi connectivity index (χ0v) is 13.7. The predicted molar refractivity (Wildman–Crippen MR) is 95.8 cm³/mol. The highest BCUT2D eigenvalue weighted by Crippen LogP contribution is 2.35. The van der Waals surface area contributed by atoms with Crippen LogP contribution < -0.4 is 5.32 Å². The number of aryl methyl sites for hydroxylation is 2. The molecule has 0 unspecified atom stereocenters.